The first-order chi connectivity index (χ1) is 10.9. The molecule has 0 spiro atoms. The summed E-state index contributed by atoms with van der Waals surface area (Å²) in [6.45, 7) is 0. The van der Waals surface area contributed by atoms with E-state index in [4.69, 9.17) is 14.7 Å². The smallest absolute Gasteiger partial charge is 0.243 e. The van der Waals surface area contributed by atoms with Gasteiger partial charge in [0.15, 0.2) is 11.5 Å². The summed E-state index contributed by atoms with van der Waals surface area (Å²) in [4.78, 5) is -0.516. The topological polar surface area (TPSA) is 88.4 Å². The van der Waals surface area contributed by atoms with Crippen molar-refractivity contribution in [3.63, 3.8) is 0 Å². The normalized spacial score (nSPS) is 21.5. The third kappa shape index (κ3) is 3.74. The Morgan fingerprint density at radius 2 is 1.83 bits per heavy atom. The lowest BCUT2D eigenvalue weighted by Crippen LogP contribution is -2.41. The fraction of sp³-hybridized carbons (Fsp3) is 0.533. The van der Waals surface area contributed by atoms with Gasteiger partial charge in [0.1, 0.15) is 10.7 Å². The molecule has 0 aliphatic heterocycles. The highest BCUT2D eigenvalue weighted by molar-refractivity contribution is 7.89. The Hall–Kier alpha value is -1.85. The van der Waals surface area contributed by atoms with Gasteiger partial charge in [-0.25, -0.2) is 17.5 Å². The summed E-state index contributed by atoms with van der Waals surface area (Å²) in [5.41, 5.74) is 0. The van der Waals surface area contributed by atoms with Crippen molar-refractivity contribution in [3.05, 3.63) is 17.9 Å². The Morgan fingerprint density at radius 1 is 1.22 bits per heavy atom. The van der Waals surface area contributed by atoms with Gasteiger partial charge in [0.25, 0.3) is 0 Å². The summed E-state index contributed by atoms with van der Waals surface area (Å²) >= 11 is 0. The predicted molar refractivity (Wildman–Crippen MR) is 81.2 cm³/mol. The van der Waals surface area contributed by atoms with E-state index in [1.807, 2.05) is 0 Å². The van der Waals surface area contributed by atoms with Crippen LogP contribution in [0.5, 0.6) is 11.5 Å². The van der Waals surface area contributed by atoms with E-state index < -0.39 is 32.7 Å². The van der Waals surface area contributed by atoms with Gasteiger partial charge in [0.2, 0.25) is 10.0 Å². The van der Waals surface area contributed by atoms with E-state index in [1.54, 1.807) is 0 Å². The number of nitrogens with zero attached hydrogens (tertiary/aromatic N) is 1. The van der Waals surface area contributed by atoms with Gasteiger partial charge in [-0.3, -0.25) is 0 Å². The van der Waals surface area contributed by atoms with Crippen LogP contribution in [0.4, 0.5) is 4.39 Å². The minimum Gasteiger partial charge on any atom is -0.493 e. The van der Waals surface area contributed by atoms with Crippen LogP contribution in [0.2, 0.25) is 0 Å². The number of benzene rings is 1. The van der Waals surface area contributed by atoms with Crippen molar-refractivity contribution in [2.75, 3.05) is 14.2 Å². The molecule has 0 saturated heterocycles. The van der Waals surface area contributed by atoms with E-state index in [0.29, 0.717) is 12.8 Å². The Kier molecular flexibility index (Phi) is 5.44. The van der Waals surface area contributed by atoms with Gasteiger partial charge in [0, 0.05) is 18.2 Å². The molecule has 1 fully saturated rings. The summed E-state index contributed by atoms with van der Waals surface area (Å²) < 4.78 is 51.6. The van der Waals surface area contributed by atoms with Crippen LogP contribution in [-0.4, -0.2) is 28.7 Å². The van der Waals surface area contributed by atoms with Gasteiger partial charge in [-0.15, -0.1) is 0 Å². The SMILES string of the molecule is COc1cc(F)c(S(=O)(=O)NC2CCCCC2C#N)cc1OC. The first-order valence-corrected chi connectivity index (χ1v) is 8.74. The molecule has 0 aromatic heterocycles. The van der Waals surface area contributed by atoms with Crippen LogP contribution in [0.1, 0.15) is 25.7 Å². The number of nitrogens with one attached hydrogen (secondary N) is 1. The molecule has 0 radical (unpaired) electrons. The number of ether oxygens (including phenoxy) is 2. The minimum absolute atomic E-state index is 0.108. The van der Waals surface area contributed by atoms with Crippen molar-refractivity contribution in [1.29, 1.82) is 5.26 Å². The molecule has 6 nitrogen and oxygen atoms in total. The highest BCUT2D eigenvalue weighted by Gasteiger charge is 2.31. The fourth-order valence-electron chi connectivity index (χ4n) is 2.73. The van der Waals surface area contributed by atoms with Gasteiger partial charge in [-0.1, -0.05) is 12.8 Å². The number of halogens is 1. The standard InChI is InChI=1S/C15H19FN2O4S/c1-21-13-7-11(16)15(8-14(13)22-2)23(19,20)18-12-6-4-3-5-10(12)9-17/h7-8,10,12,18H,3-6H2,1-2H3. The second-order valence-corrected chi connectivity index (χ2v) is 7.07. The third-order valence-corrected chi connectivity index (χ3v) is 5.47. The molecule has 0 bridgehead atoms. The maximum atomic E-state index is 14.2. The summed E-state index contributed by atoms with van der Waals surface area (Å²) in [6, 6.07) is 3.66. The van der Waals surface area contributed by atoms with Crippen LogP contribution < -0.4 is 14.2 Å². The second kappa shape index (κ2) is 7.15. The quantitative estimate of drug-likeness (QED) is 0.886. The molecule has 1 aromatic rings. The van der Waals surface area contributed by atoms with Crippen LogP contribution in [0.3, 0.4) is 0 Å². The van der Waals surface area contributed by atoms with Gasteiger partial charge in [-0.2, -0.15) is 5.26 Å². The number of rotatable bonds is 5. The fourth-order valence-corrected chi connectivity index (χ4v) is 4.12. The molecule has 23 heavy (non-hydrogen) atoms. The number of hydrogen-bond donors (Lipinski definition) is 1. The van der Waals surface area contributed by atoms with Crippen molar-refractivity contribution >= 4 is 10.0 Å². The average molecular weight is 342 g/mol. The van der Waals surface area contributed by atoms with E-state index in [0.717, 1.165) is 25.0 Å². The lowest BCUT2D eigenvalue weighted by Gasteiger charge is -2.27. The summed E-state index contributed by atoms with van der Waals surface area (Å²) in [6.07, 6.45) is 2.92. The monoisotopic (exact) mass is 342 g/mol. The predicted octanol–water partition coefficient (Wildman–Crippen LogP) is 2.20. The molecule has 8 heteroatoms. The van der Waals surface area contributed by atoms with Gasteiger partial charge < -0.3 is 9.47 Å². The molecule has 2 unspecified atom stereocenters. The van der Waals surface area contributed by atoms with Crippen LogP contribution in [0, 0.1) is 23.1 Å². The van der Waals surface area contributed by atoms with E-state index in [2.05, 4.69) is 10.8 Å². The van der Waals surface area contributed by atoms with Crippen molar-refractivity contribution < 1.29 is 22.3 Å². The molecule has 1 aliphatic rings. The molecular weight excluding hydrogens is 323 g/mol. The summed E-state index contributed by atoms with van der Waals surface area (Å²) in [5, 5.41) is 9.14. The largest absolute Gasteiger partial charge is 0.493 e. The number of sulfonamides is 1. The van der Waals surface area contributed by atoms with Crippen LogP contribution in [-0.2, 0) is 10.0 Å². The lowest BCUT2D eigenvalue weighted by atomic mass is 9.86. The van der Waals surface area contributed by atoms with Crippen molar-refractivity contribution in [1.82, 2.24) is 4.72 Å². The molecule has 1 N–H and O–H groups in total. The van der Waals surface area contributed by atoms with Gasteiger partial charge in [-0.05, 0) is 12.8 Å². The highest BCUT2D eigenvalue weighted by atomic mass is 32.2. The zero-order chi connectivity index (χ0) is 17.0. The van der Waals surface area contributed by atoms with Gasteiger partial charge in [0.05, 0.1) is 26.2 Å². The Bertz CT molecular complexity index is 715. The van der Waals surface area contributed by atoms with Crippen molar-refractivity contribution in [2.45, 2.75) is 36.6 Å². The second-order valence-electron chi connectivity index (χ2n) is 5.39. The summed E-state index contributed by atoms with van der Waals surface area (Å²) in [7, 11) is -1.43. The zero-order valence-electron chi connectivity index (χ0n) is 13.0. The molecule has 2 atom stereocenters. The van der Waals surface area contributed by atoms with E-state index in [-0.39, 0.29) is 11.5 Å². The van der Waals surface area contributed by atoms with Crippen molar-refractivity contribution in [2.24, 2.45) is 5.92 Å². The van der Waals surface area contributed by atoms with Crippen LogP contribution >= 0.6 is 0 Å². The Labute approximate surface area is 135 Å². The molecular formula is C15H19FN2O4S. The zero-order valence-corrected chi connectivity index (χ0v) is 13.8. The lowest BCUT2D eigenvalue weighted by molar-refractivity contribution is 0.343. The average Bonchev–Trinajstić information content (AvgIpc) is 2.54. The third-order valence-electron chi connectivity index (χ3n) is 3.97. The molecule has 0 amide bonds. The molecule has 0 heterocycles. The maximum Gasteiger partial charge on any atom is 0.243 e. The summed E-state index contributed by atoms with van der Waals surface area (Å²) in [5.74, 6) is -1.10. The highest BCUT2D eigenvalue weighted by Crippen LogP contribution is 2.32. The van der Waals surface area contributed by atoms with E-state index >= 15 is 0 Å². The van der Waals surface area contributed by atoms with Crippen LogP contribution in [0.25, 0.3) is 0 Å². The Balaban J connectivity index is 2.34. The molecule has 1 aliphatic carbocycles. The van der Waals surface area contributed by atoms with Gasteiger partial charge >= 0.3 is 0 Å². The number of nitriles is 1. The van der Waals surface area contributed by atoms with Crippen molar-refractivity contribution in [3.8, 4) is 17.6 Å². The Morgan fingerprint density at radius 3 is 2.43 bits per heavy atom. The maximum absolute atomic E-state index is 14.2. The number of methoxy groups -OCH3 is 2. The number of hydrogen-bond acceptors (Lipinski definition) is 5. The van der Waals surface area contributed by atoms with E-state index in [1.165, 1.54) is 14.2 Å². The van der Waals surface area contributed by atoms with Crippen LogP contribution in [0.15, 0.2) is 17.0 Å². The molecule has 1 aromatic carbocycles. The molecule has 126 valence electrons. The first kappa shape index (κ1) is 17.5. The van der Waals surface area contributed by atoms with E-state index in [9.17, 15) is 12.8 Å². The minimum atomic E-state index is -4.10. The molecule has 2 rings (SSSR count). The first-order valence-electron chi connectivity index (χ1n) is 7.26. The molecule has 1 saturated carbocycles.